The number of amides is 2. The van der Waals surface area contributed by atoms with Crippen LogP contribution in [0, 0.1) is 0 Å². The summed E-state index contributed by atoms with van der Waals surface area (Å²) in [6.07, 6.45) is 6.64. The Hall–Kier alpha value is -3.02. The lowest BCUT2D eigenvalue weighted by Crippen LogP contribution is -2.39. The lowest BCUT2D eigenvalue weighted by Gasteiger charge is -2.25. The van der Waals surface area contributed by atoms with Crippen molar-refractivity contribution in [2.75, 3.05) is 11.9 Å². The van der Waals surface area contributed by atoms with Crippen molar-refractivity contribution in [2.45, 2.75) is 97.6 Å². The molecule has 0 bridgehead atoms. The molecule has 1 unspecified atom stereocenters. The third-order valence-corrected chi connectivity index (χ3v) is 6.16. The molecule has 0 aliphatic carbocycles. The van der Waals surface area contributed by atoms with Gasteiger partial charge in [-0.25, -0.2) is 9.59 Å². The number of ether oxygens (including phenoxy) is 2. The maximum atomic E-state index is 13.0. The Labute approximate surface area is 217 Å². The highest BCUT2D eigenvalue weighted by atomic mass is 16.6. The van der Waals surface area contributed by atoms with Crippen LogP contribution < -0.4 is 15.4 Å². The van der Waals surface area contributed by atoms with Crippen molar-refractivity contribution < 1.29 is 19.1 Å². The smallest absolute Gasteiger partial charge is 0.349 e. The first-order valence-electron chi connectivity index (χ1n) is 13.3. The minimum absolute atomic E-state index is 0.134. The second kappa shape index (κ2) is 14.5. The number of rotatable bonds is 14. The molecular weight excluding hydrogens is 452 g/mol. The van der Waals surface area contributed by atoms with Crippen LogP contribution in [0.1, 0.15) is 103 Å². The molecule has 0 aliphatic rings. The van der Waals surface area contributed by atoms with E-state index in [4.69, 9.17) is 9.47 Å². The molecule has 36 heavy (non-hydrogen) atoms. The second-order valence-corrected chi connectivity index (χ2v) is 10.00. The van der Waals surface area contributed by atoms with Crippen molar-refractivity contribution in [1.29, 1.82) is 0 Å². The normalized spacial score (nSPS) is 12.2. The number of carbonyl (C=O) groups excluding carboxylic acids is 2. The van der Waals surface area contributed by atoms with Gasteiger partial charge < -0.3 is 20.1 Å². The second-order valence-electron chi connectivity index (χ2n) is 10.00. The molecule has 2 aromatic carbocycles. The number of benzene rings is 2. The van der Waals surface area contributed by atoms with E-state index in [2.05, 4.69) is 31.4 Å². The van der Waals surface area contributed by atoms with Crippen molar-refractivity contribution in [3.63, 3.8) is 0 Å². The van der Waals surface area contributed by atoms with E-state index in [9.17, 15) is 9.59 Å². The summed E-state index contributed by atoms with van der Waals surface area (Å²) in [7, 11) is 0. The molecule has 0 aromatic heterocycles. The van der Waals surface area contributed by atoms with E-state index in [0.29, 0.717) is 18.3 Å². The Kier molecular flexibility index (Phi) is 11.8. The summed E-state index contributed by atoms with van der Waals surface area (Å²) < 4.78 is 11.0. The van der Waals surface area contributed by atoms with Gasteiger partial charge in [0.2, 0.25) is 0 Å². The fourth-order valence-electron chi connectivity index (χ4n) is 4.11. The Morgan fingerprint density at radius 3 is 2.22 bits per heavy atom. The third kappa shape index (κ3) is 9.21. The summed E-state index contributed by atoms with van der Waals surface area (Å²) in [5.74, 6) is 0.482. The van der Waals surface area contributed by atoms with Gasteiger partial charge in [0.05, 0.1) is 12.6 Å². The van der Waals surface area contributed by atoms with Crippen molar-refractivity contribution >= 4 is 17.7 Å². The third-order valence-electron chi connectivity index (χ3n) is 6.16. The summed E-state index contributed by atoms with van der Waals surface area (Å²) >= 11 is 0. The largest absolute Gasteiger partial charge is 0.476 e. The van der Waals surface area contributed by atoms with Gasteiger partial charge in [-0.1, -0.05) is 83.2 Å². The molecule has 6 nitrogen and oxygen atoms in total. The molecule has 2 aromatic rings. The van der Waals surface area contributed by atoms with Crippen LogP contribution in [-0.2, 0) is 9.53 Å². The molecular formula is C30H44N2O4. The van der Waals surface area contributed by atoms with Crippen LogP contribution in [0.3, 0.4) is 0 Å². The average Bonchev–Trinajstić information content (AvgIpc) is 2.84. The fourth-order valence-corrected chi connectivity index (χ4v) is 4.11. The van der Waals surface area contributed by atoms with E-state index < -0.39 is 11.6 Å². The highest BCUT2D eigenvalue weighted by molar-refractivity contribution is 5.90. The van der Waals surface area contributed by atoms with Crippen LogP contribution in [0.4, 0.5) is 10.5 Å². The van der Waals surface area contributed by atoms with Crippen LogP contribution in [0.25, 0.3) is 0 Å². The predicted octanol–water partition coefficient (Wildman–Crippen LogP) is 7.75. The molecule has 0 spiro atoms. The number of unbranched alkanes of at least 4 members (excludes halogenated alkanes) is 4. The maximum absolute atomic E-state index is 13.0. The first kappa shape index (κ1) is 29.2. The van der Waals surface area contributed by atoms with Gasteiger partial charge in [-0.15, -0.1) is 0 Å². The van der Waals surface area contributed by atoms with Gasteiger partial charge in [0.25, 0.3) is 0 Å². The predicted molar refractivity (Wildman–Crippen MR) is 147 cm³/mol. The first-order chi connectivity index (χ1) is 17.2. The van der Waals surface area contributed by atoms with E-state index >= 15 is 0 Å². The SMILES string of the molecule is CCCCCCCC(NC(=O)Nc1ccccc1C(C)C)c1ccc(OC(C)(C)C(=O)OCC)cc1. The molecule has 198 valence electrons. The molecule has 2 rings (SSSR count). The molecule has 2 N–H and O–H groups in total. The zero-order valence-corrected chi connectivity index (χ0v) is 22.9. The quantitative estimate of drug-likeness (QED) is 0.207. The molecule has 0 radical (unpaired) electrons. The van der Waals surface area contributed by atoms with E-state index in [1.165, 1.54) is 19.3 Å². The van der Waals surface area contributed by atoms with Gasteiger partial charge in [0.1, 0.15) is 5.75 Å². The number of anilines is 1. The highest BCUT2D eigenvalue weighted by Crippen LogP contribution is 2.27. The van der Waals surface area contributed by atoms with Crippen LogP contribution >= 0.6 is 0 Å². The lowest BCUT2D eigenvalue weighted by atomic mass is 9.99. The molecule has 0 fully saturated rings. The molecule has 0 heterocycles. The summed E-state index contributed by atoms with van der Waals surface area (Å²) in [4.78, 5) is 25.2. The number of para-hydroxylation sites is 1. The van der Waals surface area contributed by atoms with Crippen molar-refractivity contribution in [2.24, 2.45) is 0 Å². The Bertz CT molecular complexity index is 954. The molecule has 1 atom stereocenters. The summed E-state index contributed by atoms with van der Waals surface area (Å²) in [6.45, 7) is 11.9. The maximum Gasteiger partial charge on any atom is 0.349 e. The van der Waals surface area contributed by atoms with Gasteiger partial charge in [0, 0.05) is 5.69 Å². The Morgan fingerprint density at radius 1 is 0.917 bits per heavy atom. The molecule has 0 saturated heterocycles. The van der Waals surface area contributed by atoms with Gasteiger partial charge in [-0.05, 0) is 62.4 Å². The van der Waals surface area contributed by atoms with Crippen LogP contribution in [0.2, 0.25) is 0 Å². The monoisotopic (exact) mass is 496 g/mol. The van der Waals surface area contributed by atoms with E-state index in [1.54, 1.807) is 20.8 Å². The van der Waals surface area contributed by atoms with Crippen LogP contribution in [-0.4, -0.2) is 24.2 Å². The average molecular weight is 497 g/mol. The van der Waals surface area contributed by atoms with Gasteiger partial charge >= 0.3 is 12.0 Å². The van der Waals surface area contributed by atoms with Crippen molar-refractivity contribution in [1.82, 2.24) is 5.32 Å². The molecule has 0 saturated carbocycles. The number of esters is 1. The minimum atomic E-state index is -1.09. The highest BCUT2D eigenvalue weighted by Gasteiger charge is 2.31. The zero-order chi connectivity index (χ0) is 26.6. The number of hydrogen-bond acceptors (Lipinski definition) is 4. The van der Waals surface area contributed by atoms with E-state index in [0.717, 1.165) is 36.1 Å². The number of hydrogen-bond donors (Lipinski definition) is 2. The number of urea groups is 1. The number of nitrogens with one attached hydrogen (secondary N) is 2. The molecule has 0 aliphatic heterocycles. The summed E-state index contributed by atoms with van der Waals surface area (Å²) in [5, 5.41) is 6.22. The fraction of sp³-hybridized carbons (Fsp3) is 0.533. The van der Waals surface area contributed by atoms with Crippen molar-refractivity contribution in [3.05, 3.63) is 59.7 Å². The summed E-state index contributed by atoms with van der Waals surface area (Å²) in [6, 6.07) is 15.1. The molecule has 2 amide bonds. The topological polar surface area (TPSA) is 76.7 Å². The first-order valence-corrected chi connectivity index (χ1v) is 13.3. The summed E-state index contributed by atoms with van der Waals surface area (Å²) in [5.41, 5.74) is 1.85. The standard InChI is InChI=1S/C30H44N2O4/c1-7-9-10-11-12-16-26(31-29(34)32-27-17-14-13-15-25(27)22(3)4)23-18-20-24(21-19-23)36-30(5,6)28(33)35-8-2/h13-15,17-22,26H,7-12,16H2,1-6H3,(H2,31,32,34). The molecule has 6 heteroatoms. The number of carbonyl (C=O) groups is 2. The van der Waals surface area contributed by atoms with Crippen molar-refractivity contribution in [3.8, 4) is 5.75 Å². The lowest BCUT2D eigenvalue weighted by molar-refractivity contribution is -0.158. The van der Waals surface area contributed by atoms with Gasteiger partial charge in [0.15, 0.2) is 5.60 Å². The Morgan fingerprint density at radius 2 is 1.58 bits per heavy atom. The Balaban J connectivity index is 2.13. The van der Waals surface area contributed by atoms with Crippen LogP contribution in [0.5, 0.6) is 5.75 Å². The van der Waals surface area contributed by atoms with Gasteiger partial charge in [-0.3, -0.25) is 0 Å². The van der Waals surface area contributed by atoms with Gasteiger partial charge in [-0.2, -0.15) is 0 Å². The zero-order valence-electron chi connectivity index (χ0n) is 22.9. The van der Waals surface area contributed by atoms with E-state index in [1.807, 2.05) is 48.5 Å². The minimum Gasteiger partial charge on any atom is -0.476 e. The van der Waals surface area contributed by atoms with E-state index in [-0.39, 0.29) is 12.1 Å². The van der Waals surface area contributed by atoms with Crippen LogP contribution in [0.15, 0.2) is 48.5 Å².